The Balaban J connectivity index is 2.15. The van der Waals surface area contributed by atoms with Crippen molar-refractivity contribution in [2.75, 3.05) is 0 Å². The van der Waals surface area contributed by atoms with Gasteiger partial charge in [0.05, 0.1) is 13.0 Å². The lowest BCUT2D eigenvalue weighted by molar-refractivity contribution is -0.129. The zero-order valence-electron chi connectivity index (χ0n) is 7.48. The van der Waals surface area contributed by atoms with Crippen molar-refractivity contribution < 1.29 is 4.79 Å². The molecule has 0 fully saturated rings. The summed E-state index contributed by atoms with van der Waals surface area (Å²) in [5.74, 6) is 0.0184. The van der Waals surface area contributed by atoms with Crippen molar-refractivity contribution in [3.8, 4) is 0 Å². The van der Waals surface area contributed by atoms with Gasteiger partial charge in [-0.15, -0.1) is 0 Å². The Morgan fingerprint density at radius 3 is 2.86 bits per heavy atom. The third kappa shape index (κ3) is 1.77. The maximum Gasteiger partial charge on any atom is 0.248 e. The second-order valence-electron chi connectivity index (χ2n) is 3.04. The van der Waals surface area contributed by atoms with Crippen LogP contribution in [0.1, 0.15) is 12.0 Å². The van der Waals surface area contributed by atoms with Crippen LogP contribution in [0.2, 0.25) is 5.02 Å². The molecule has 0 N–H and O–H groups in total. The number of halogens is 1. The summed E-state index contributed by atoms with van der Waals surface area (Å²) in [6.45, 7) is 0.453. The van der Waals surface area contributed by atoms with Crippen LogP contribution in [0, 0.1) is 0 Å². The van der Waals surface area contributed by atoms with Gasteiger partial charge in [0.15, 0.2) is 0 Å². The summed E-state index contributed by atoms with van der Waals surface area (Å²) in [5, 5.41) is 6.05. The first-order chi connectivity index (χ1) is 6.77. The molecular formula is C10H9ClN2O. The average Bonchev–Trinajstić information content (AvgIpc) is 2.56. The van der Waals surface area contributed by atoms with E-state index in [1.165, 1.54) is 5.01 Å². The molecule has 3 nitrogen and oxygen atoms in total. The number of benzene rings is 1. The zero-order chi connectivity index (χ0) is 9.97. The highest BCUT2D eigenvalue weighted by molar-refractivity contribution is 6.31. The van der Waals surface area contributed by atoms with Crippen molar-refractivity contribution in [1.82, 2.24) is 5.01 Å². The predicted octanol–water partition coefficient (Wildman–Crippen LogP) is 2.06. The van der Waals surface area contributed by atoms with Crippen molar-refractivity contribution in [2.24, 2.45) is 5.10 Å². The largest absolute Gasteiger partial charge is 0.273 e. The Kier molecular flexibility index (Phi) is 2.50. The molecule has 0 bridgehead atoms. The first-order valence-corrected chi connectivity index (χ1v) is 4.71. The minimum absolute atomic E-state index is 0.0184. The fraction of sp³-hybridized carbons (Fsp3) is 0.200. The maximum atomic E-state index is 11.2. The summed E-state index contributed by atoms with van der Waals surface area (Å²) in [5.41, 5.74) is 0.918. The second kappa shape index (κ2) is 3.80. The van der Waals surface area contributed by atoms with Crippen LogP contribution in [-0.4, -0.2) is 17.1 Å². The van der Waals surface area contributed by atoms with Crippen molar-refractivity contribution >= 4 is 23.7 Å². The number of hydrogen-bond donors (Lipinski definition) is 0. The first kappa shape index (κ1) is 9.21. The smallest absolute Gasteiger partial charge is 0.248 e. The van der Waals surface area contributed by atoms with Crippen LogP contribution in [0.15, 0.2) is 29.4 Å². The topological polar surface area (TPSA) is 32.7 Å². The molecule has 0 atom stereocenters. The zero-order valence-corrected chi connectivity index (χ0v) is 8.24. The van der Waals surface area contributed by atoms with E-state index in [0.29, 0.717) is 18.0 Å². The van der Waals surface area contributed by atoms with Crippen LogP contribution < -0.4 is 0 Å². The third-order valence-electron chi connectivity index (χ3n) is 2.05. The van der Waals surface area contributed by atoms with E-state index in [0.717, 1.165) is 5.56 Å². The van der Waals surface area contributed by atoms with E-state index in [2.05, 4.69) is 5.10 Å². The van der Waals surface area contributed by atoms with Crippen LogP contribution in [0.3, 0.4) is 0 Å². The molecule has 1 aromatic carbocycles. The van der Waals surface area contributed by atoms with E-state index in [9.17, 15) is 4.79 Å². The Morgan fingerprint density at radius 1 is 1.43 bits per heavy atom. The number of rotatable bonds is 2. The van der Waals surface area contributed by atoms with Crippen LogP contribution in [-0.2, 0) is 11.3 Å². The Labute approximate surface area is 87.0 Å². The molecule has 1 aliphatic heterocycles. The predicted molar refractivity (Wildman–Crippen MR) is 55.1 cm³/mol. The van der Waals surface area contributed by atoms with Crippen molar-refractivity contribution in [2.45, 2.75) is 13.0 Å². The van der Waals surface area contributed by atoms with E-state index in [-0.39, 0.29) is 5.91 Å². The summed E-state index contributed by atoms with van der Waals surface area (Å²) in [6.07, 6.45) is 2.00. The maximum absolute atomic E-state index is 11.2. The van der Waals surface area contributed by atoms with Crippen molar-refractivity contribution in [1.29, 1.82) is 0 Å². The first-order valence-electron chi connectivity index (χ1n) is 4.33. The molecule has 1 heterocycles. The SMILES string of the molecule is O=C1CC=NN1Cc1ccccc1Cl. The quantitative estimate of drug-likeness (QED) is 0.732. The second-order valence-corrected chi connectivity index (χ2v) is 3.45. The molecule has 1 aromatic rings. The molecule has 0 unspecified atom stereocenters. The molecule has 14 heavy (non-hydrogen) atoms. The fourth-order valence-electron chi connectivity index (χ4n) is 1.30. The summed E-state index contributed by atoms with van der Waals surface area (Å²) in [4.78, 5) is 11.2. The molecule has 0 saturated heterocycles. The van der Waals surface area contributed by atoms with Gasteiger partial charge in [0.1, 0.15) is 0 Å². The van der Waals surface area contributed by atoms with E-state index in [1.54, 1.807) is 12.3 Å². The summed E-state index contributed by atoms with van der Waals surface area (Å²) in [6, 6.07) is 7.46. The lowest BCUT2D eigenvalue weighted by Crippen LogP contribution is -2.20. The molecule has 0 spiro atoms. The van der Waals surface area contributed by atoms with Gasteiger partial charge in [0, 0.05) is 11.2 Å². The Hall–Kier alpha value is -1.35. The van der Waals surface area contributed by atoms with E-state index < -0.39 is 0 Å². The number of hydrazone groups is 1. The number of amides is 1. The molecule has 0 aliphatic carbocycles. The Morgan fingerprint density at radius 2 is 2.21 bits per heavy atom. The minimum atomic E-state index is 0.0184. The van der Waals surface area contributed by atoms with Crippen molar-refractivity contribution in [3.63, 3.8) is 0 Å². The molecule has 4 heteroatoms. The van der Waals surface area contributed by atoms with E-state index >= 15 is 0 Å². The average molecular weight is 209 g/mol. The lowest BCUT2D eigenvalue weighted by Gasteiger charge is -2.12. The summed E-state index contributed by atoms with van der Waals surface area (Å²) >= 11 is 5.96. The molecule has 0 saturated carbocycles. The lowest BCUT2D eigenvalue weighted by atomic mass is 10.2. The number of carbonyl (C=O) groups excluding carboxylic acids is 1. The summed E-state index contributed by atoms with van der Waals surface area (Å²) < 4.78 is 0. The van der Waals surface area contributed by atoms with Gasteiger partial charge < -0.3 is 0 Å². The molecule has 2 rings (SSSR count). The normalized spacial score (nSPS) is 15.2. The standard InChI is InChI=1S/C10H9ClN2O/c11-9-4-2-1-3-8(9)7-13-10(14)5-6-12-13/h1-4,6H,5,7H2. The van der Waals surface area contributed by atoms with Gasteiger partial charge in [0.2, 0.25) is 5.91 Å². The van der Waals surface area contributed by atoms with E-state index in [1.807, 2.05) is 18.2 Å². The number of nitrogens with zero attached hydrogens (tertiary/aromatic N) is 2. The van der Waals surface area contributed by atoms with Gasteiger partial charge in [-0.1, -0.05) is 29.8 Å². The molecule has 0 aromatic heterocycles. The Bertz CT molecular complexity index is 389. The van der Waals surface area contributed by atoms with Gasteiger partial charge >= 0.3 is 0 Å². The summed E-state index contributed by atoms with van der Waals surface area (Å²) in [7, 11) is 0. The van der Waals surface area contributed by atoms with Gasteiger partial charge in [-0.05, 0) is 11.6 Å². The van der Waals surface area contributed by atoms with Gasteiger partial charge in [-0.2, -0.15) is 5.10 Å². The highest BCUT2D eigenvalue weighted by Crippen LogP contribution is 2.18. The van der Waals surface area contributed by atoms with Crippen LogP contribution >= 0.6 is 11.6 Å². The van der Waals surface area contributed by atoms with Gasteiger partial charge in [0.25, 0.3) is 0 Å². The molecular weight excluding hydrogens is 200 g/mol. The molecule has 1 amide bonds. The van der Waals surface area contributed by atoms with Gasteiger partial charge in [-0.3, -0.25) is 4.79 Å². The van der Waals surface area contributed by atoms with Gasteiger partial charge in [-0.25, -0.2) is 5.01 Å². The van der Waals surface area contributed by atoms with Crippen LogP contribution in [0.5, 0.6) is 0 Å². The highest BCUT2D eigenvalue weighted by atomic mass is 35.5. The monoisotopic (exact) mass is 208 g/mol. The molecule has 1 aliphatic rings. The van der Waals surface area contributed by atoms with Crippen LogP contribution in [0.4, 0.5) is 0 Å². The number of hydrogen-bond acceptors (Lipinski definition) is 2. The third-order valence-corrected chi connectivity index (χ3v) is 2.42. The van der Waals surface area contributed by atoms with E-state index in [4.69, 9.17) is 11.6 Å². The molecule has 0 radical (unpaired) electrons. The van der Waals surface area contributed by atoms with Crippen LogP contribution in [0.25, 0.3) is 0 Å². The highest BCUT2D eigenvalue weighted by Gasteiger charge is 2.17. The molecule has 72 valence electrons. The minimum Gasteiger partial charge on any atom is -0.273 e. The fourth-order valence-corrected chi connectivity index (χ4v) is 1.50. The number of carbonyl (C=O) groups is 1. The van der Waals surface area contributed by atoms with Crippen molar-refractivity contribution in [3.05, 3.63) is 34.9 Å².